The average molecular weight is 294 g/mol. The van der Waals surface area contributed by atoms with Gasteiger partial charge < -0.3 is 15.1 Å². The maximum atomic E-state index is 12.0. The van der Waals surface area contributed by atoms with Crippen LogP contribution < -0.4 is 10.6 Å². The smallest absolute Gasteiger partial charge is 0.241 e. The summed E-state index contributed by atoms with van der Waals surface area (Å²) < 4.78 is 5.24. The second-order valence-electron chi connectivity index (χ2n) is 4.58. The van der Waals surface area contributed by atoms with E-state index in [-0.39, 0.29) is 24.4 Å². The van der Waals surface area contributed by atoms with Gasteiger partial charge in [-0.1, -0.05) is 12.1 Å². The fourth-order valence-electron chi connectivity index (χ4n) is 2.25. The van der Waals surface area contributed by atoms with E-state index in [2.05, 4.69) is 15.6 Å². The molecule has 1 aromatic carbocycles. The fourth-order valence-corrected chi connectivity index (χ4v) is 2.25. The summed E-state index contributed by atoms with van der Waals surface area (Å²) >= 11 is 0. The van der Waals surface area contributed by atoms with Crippen molar-refractivity contribution in [2.75, 3.05) is 11.9 Å². The summed E-state index contributed by atoms with van der Waals surface area (Å²) in [7, 11) is 0. The molecule has 0 radical (unpaired) electrons. The molecule has 1 aliphatic heterocycles. The number of amides is 1. The number of nitrogens with one attached hydrogen (secondary N) is 2. The van der Waals surface area contributed by atoms with Gasteiger partial charge >= 0.3 is 0 Å². The SMILES string of the molecule is Cl.O=C(Nc1cccc(-c2cnco2)c1)[C@@H]1CCCN1. The first-order valence-corrected chi connectivity index (χ1v) is 6.36. The Morgan fingerprint density at radius 2 is 2.35 bits per heavy atom. The molecule has 20 heavy (non-hydrogen) atoms. The lowest BCUT2D eigenvalue weighted by molar-refractivity contribution is -0.117. The molecule has 1 amide bonds. The summed E-state index contributed by atoms with van der Waals surface area (Å²) in [6.45, 7) is 0.913. The first kappa shape index (κ1) is 14.6. The second kappa shape index (κ2) is 6.54. The molecule has 0 unspecified atom stereocenters. The van der Waals surface area contributed by atoms with Gasteiger partial charge in [0.25, 0.3) is 0 Å². The summed E-state index contributed by atoms with van der Waals surface area (Å²) in [6.07, 6.45) is 4.99. The van der Waals surface area contributed by atoms with E-state index in [1.54, 1.807) is 6.20 Å². The van der Waals surface area contributed by atoms with Crippen LogP contribution in [0.15, 0.2) is 41.3 Å². The van der Waals surface area contributed by atoms with Crippen molar-refractivity contribution in [2.24, 2.45) is 0 Å². The topological polar surface area (TPSA) is 67.2 Å². The van der Waals surface area contributed by atoms with Crippen LogP contribution in [0.3, 0.4) is 0 Å². The van der Waals surface area contributed by atoms with E-state index in [9.17, 15) is 4.79 Å². The normalized spacial score (nSPS) is 17.5. The zero-order valence-electron chi connectivity index (χ0n) is 10.8. The number of rotatable bonds is 3. The zero-order chi connectivity index (χ0) is 13.1. The first-order valence-electron chi connectivity index (χ1n) is 6.36. The van der Waals surface area contributed by atoms with Crippen LogP contribution >= 0.6 is 12.4 Å². The average Bonchev–Trinajstić information content (AvgIpc) is 3.13. The molecule has 0 saturated carbocycles. The van der Waals surface area contributed by atoms with E-state index >= 15 is 0 Å². The Labute approximate surface area is 123 Å². The van der Waals surface area contributed by atoms with Gasteiger partial charge in [0.05, 0.1) is 12.2 Å². The molecule has 0 spiro atoms. The summed E-state index contributed by atoms with van der Waals surface area (Å²) in [5.41, 5.74) is 1.67. The molecule has 1 aliphatic rings. The molecule has 1 aromatic heterocycles. The Kier molecular flexibility index (Phi) is 4.76. The molecular formula is C14H16ClN3O2. The number of benzene rings is 1. The second-order valence-corrected chi connectivity index (χ2v) is 4.58. The van der Waals surface area contributed by atoms with Gasteiger partial charge in [-0.2, -0.15) is 0 Å². The minimum absolute atomic E-state index is 0. The van der Waals surface area contributed by atoms with Gasteiger partial charge in [0.1, 0.15) is 0 Å². The molecular weight excluding hydrogens is 278 g/mol. The van der Waals surface area contributed by atoms with E-state index in [1.807, 2.05) is 24.3 Å². The number of hydrogen-bond donors (Lipinski definition) is 2. The van der Waals surface area contributed by atoms with Crippen LogP contribution in [0.1, 0.15) is 12.8 Å². The summed E-state index contributed by atoms with van der Waals surface area (Å²) in [5, 5.41) is 6.10. The predicted molar refractivity (Wildman–Crippen MR) is 78.8 cm³/mol. The standard InChI is InChI=1S/C14H15N3O2.ClH/c18-14(12-5-2-6-16-12)17-11-4-1-3-10(7-11)13-8-15-9-19-13;/h1,3-4,7-9,12,16H,2,5-6H2,(H,17,18);1H/t12-;/m0./s1. The van der Waals surface area contributed by atoms with E-state index in [0.29, 0.717) is 5.76 Å². The van der Waals surface area contributed by atoms with Crippen LogP contribution in [0.4, 0.5) is 5.69 Å². The molecule has 1 saturated heterocycles. The molecule has 0 aliphatic carbocycles. The minimum Gasteiger partial charge on any atom is -0.444 e. The molecule has 2 heterocycles. The van der Waals surface area contributed by atoms with E-state index in [4.69, 9.17) is 4.42 Å². The number of anilines is 1. The Balaban J connectivity index is 0.00000147. The minimum atomic E-state index is -0.0751. The molecule has 1 fully saturated rings. The van der Waals surface area contributed by atoms with Crippen molar-refractivity contribution >= 4 is 24.0 Å². The maximum Gasteiger partial charge on any atom is 0.241 e. The number of oxazole rings is 1. The molecule has 6 heteroatoms. The van der Waals surface area contributed by atoms with E-state index in [0.717, 1.165) is 30.6 Å². The van der Waals surface area contributed by atoms with Gasteiger partial charge in [-0.15, -0.1) is 12.4 Å². The van der Waals surface area contributed by atoms with Crippen LogP contribution in [-0.2, 0) is 4.79 Å². The van der Waals surface area contributed by atoms with Gasteiger partial charge in [-0.3, -0.25) is 4.79 Å². The Morgan fingerprint density at radius 3 is 3.05 bits per heavy atom. The van der Waals surface area contributed by atoms with E-state index in [1.165, 1.54) is 6.39 Å². The Hall–Kier alpha value is -1.85. The molecule has 2 aromatic rings. The number of nitrogens with zero attached hydrogens (tertiary/aromatic N) is 1. The highest BCUT2D eigenvalue weighted by atomic mass is 35.5. The lowest BCUT2D eigenvalue weighted by atomic mass is 10.1. The molecule has 2 N–H and O–H groups in total. The predicted octanol–water partition coefficient (Wildman–Crippen LogP) is 2.45. The van der Waals surface area contributed by atoms with Gasteiger partial charge in [0.15, 0.2) is 12.2 Å². The molecule has 0 bridgehead atoms. The number of carbonyl (C=O) groups is 1. The summed E-state index contributed by atoms with van der Waals surface area (Å²) in [5.74, 6) is 0.710. The molecule has 3 rings (SSSR count). The highest BCUT2D eigenvalue weighted by molar-refractivity contribution is 5.95. The first-order chi connectivity index (χ1) is 9.33. The van der Waals surface area contributed by atoms with Crippen LogP contribution in [0, 0.1) is 0 Å². The van der Waals surface area contributed by atoms with Crippen molar-refractivity contribution in [1.82, 2.24) is 10.3 Å². The number of halogens is 1. The van der Waals surface area contributed by atoms with E-state index < -0.39 is 0 Å². The third kappa shape index (κ3) is 3.18. The van der Waals surface area contributed by atoms with Crippen molar-refractivity contribution in [1.29, 1.82) is 0 Å². The lowest BCUT2D eigenvalue weighted by Crippen LogP contribution is -2.35. The molecule has 106 valence electrons. The van der Waals surface area contributed by atoms with Crippen molar-refractivity contribution in [3.63, 3.8) is 0 Å². The van der Waals surface area contributed by atoms with Gasteiger partial charge in [0.2, 0.25) is 5.91 Å². The van der Waals surface area contributed by atoms with Crippen molar-refractivity contribution < 1.29 is 9.21 Å². The largest absolute Gasteiger partial charge is 0.444 e. The van der Waals surface area contributed by atoms with Gasteiger partial charge in [-0.05, 0) is 31.5 Å². The monoisotopic (exact) mass is 293 g/mol. The number of hydrogen-bond acceptors (Lipinski definition) is 4. The highest BCUT2D eigenvalue weighted by Crippen LogP contribution is 2.22. The summed E-state index contributed by atoms with van der Waals surface area (Å²) in [6, 6.07) is 7.48. The molecule has 1 atom stereocenters. The van der Waals surface area contributed by atoms with Crippen LogP contribution in [0.25, 0.3) is 11.3 Å². The molecule has 5 nitrogen and oxygen atoms in total. The van der Waals surface area contributed by atoms with Gasteiger partial charge in [-0.25, -0.2) is 4.98 Å². The third-order valence-electron chi connectivity index (χ3n) is 3.22. The van der Waals surface area contributed by atoms with Crippen molar-refractivity contribution in [3.05, 3.63) is 36.9 Å². The van der Waals surface area contributed by atoms with Crippen LogP contribution in [0.5, 0.6) is 0 Å². The number of carbonyl (C=O) groups excluding carboxylic acids is 1. The third-order valence-corrected chi connectivity index (χ3v) is 3.22. The highest BCUT2D eigenvalue weighted by Gasteiger charge is 2.21. The van der Waals surface area contributed by atoms with Gasteiger partial charge in [0, 0.05) is 11.3 Å². The Morgan fingerprint density at radius 1 is 1.45 bits per heavy atom. The summed E-state index contributed by atoms with van der Waals surface area (Å²) in [4.78, 5) is 15.9. The zero-order valence-corrected chi connectivity index (χ0v) is 11.7. The van der Waals surface area contributed by atoms with Crippen molar-refractivity contribution in [2.45, 2.75) is 18.9 Å². The maximum absolute atomic E-state index is 12.0. The van der Waals surface area contributed by atoms with Crippen molar-refractivity contribution in [3.8, 4) is 11.3 Å². The lowest BCUT2D eigenvalue weighted by Gasteiger charge is -2.11. The quantitative estimate of drug-likeness (QED) is 0.912. The fraction of sp³-hybridized carbons (Fsp3) is 0.286. The van der Waals surface area contributed by atoms with Crippen LogP contribution in [0.2, 0.25) is 0 Å². The number of aromatic nitrogens is 1. The Bertz CT molecular complexity index is 566. The van der Waals surface area contributed by atoms with Crippen LogP contribution in [-0.4, -0.2) is 23.5 Å².